The van der Waals surface area contributed by atoms with Gasteiger partial charge in [0, 0.05) is 18.2 Å². The zero-order chi connectivity index (χ0) is 22.5. The third-order valence-corrected chi connectivity index (χ3v) is 4.78. The quantitative estimate of drug-likeness (QED) is 0.439. The van der Waals surface area contributed by atoms with Crippen molar-refractivity contribution in [1.29, 1.82) is 0 Å². The molecule has 3 aromatic rings. The van der Waals surface area contributed by atoms with Gasteiger partial charge in [-0.15, -0.1) is 0 Å². The minimum Gasteiger partial charge on any atom is -0.365 e. The SMILES string of the molecule is Cc1ncc(Nc2nc(N[C@H](Cc3ccccc3)[C@H](C)N)c(F)cc2C(N)=O)cc1F. The molecule has 2 atom stereocenters. The van der Waals surface area contributed by atoms with Crippen LogP contribution in [-0.2, 0) is 6.42 Å². The molecule has 0 aliphatic rings. The number of amides is 1. The summed E-state index contributed by atoms with van der Waals surface area (Å²) in [6.07, 6.45) is 1.91. The Hall–Kier alpha value is -3.59. The van der Waals surface area contributed by atoms with E-state index in [1.807, 2.05) is 30.3 Å². The number of anilines is 3. The molecule has 9 heteroatoms. The molecule has 0 aliphatic heterocycles. The first-order chi connectivity index (χ1) is 14.7. The molecular weight excluding hydrogens is 402 g/mol. The number of aromatic nitrogens is 2. The minimum absolute atomic E-state index is 0.0235. The summed E-state index contributed by atoms with van der Waals surface area (Å²) in [7, 11) is 0. The molecule has 0 radical (unpaired) electrons. The molecule has 0 unspecified atom stereocenters. The monoisotopic (exact) mass is 426 g/mol. The summed E-state index contributed by atoms with van der Waals surface area (Å²) in [5.74, 6) is -2.30. The second kappa shape index (κ2) is 9.48. The number of halogens is 2. The molecule has 0 saturated heterocycles. The standard InChI is InChI=1S/C22H24F2N6O/c1-12(25)19(8-14-6-4-3-5-7-14)29-22-18(24)10-16(20(26)31)21(30-22)28-15-9-17(23)13(2)27-11-15/h3-7,9-12,19H,8,25H2,1-2H3,(H2,26,31)(H2,28,29,30)/t12-,19+/m0/s1. The Bertz CT molecular complexity index is 1080. The molecule has 2 heterocycles. The first-order valence-corrected chi connectivity index (χ1v) is 9.70. The highest BCUT2D eigenvalue weighted by Crippen LogP contribution is 2.25. The molecule has 6 N–H and O–H groups in total. The predicted octanol–water partition coefficient (Wildman–Crippen LogP) is 3.28. The molecule has 7 nitrogen and oxygen atoms in total. The molecule has 2 aromatic heterocycles. The van der Waals surface area contributed by atoms with Crippen LogP contribution in [0.4, 0.5) is 26.1 Å². The molecule has 0 aliphatic carbocycles. The van der Waals surface area contributed by atoms with Gasteiger partial charge < -0.3 is 22.1 Å². The fourth-order valence-electron chi connectivity index (χ4n) is 3.00. The van der Waals surface area contributed by atoms with Crippen LogP contribution in [0.15, 0.2) is 48.7 Å². The summed E-state index contributed by atoms with van der Waals surface area (Å²) < 4.78 is 28.6. The molecule has 3 rings (SSSR count). The molecule has 31 heavy (non-hydrogen) atoms. The van der Waals surface area contributed by atoms with Crippen molar-refractivity contribution in [3.63, 3.8) is 0 Å². The lowest BCUT2D eigenvalue weighted by Gasteiger charge is -2.24. The van der Waals surface area contributed by atoms with Gasteiger partial charge in [0.15, 0.2) is 11.6 Å². The smallest absolute Gasteiger partial charge is 0.252 e. The van der Waals surface area contributed by atoms with Crippen LogP contribution in [0, 0.1) is 18.6 Å². The first kappa shape index (κ1) is 22.1. The van der Waals surface area contributed by atoms with Gasteiger partial charge in [-0.25, -0.2) is 13.8 Å². The lowest BCUT2D eigenvalue weighted by Crippen LogP contribution is -2.40. The van der Waals surface area contributed by atoms with Crippen molar-refractivity contribution in [3.8, 4) is 0 Å². The molecule has 162 valence electrons. The van der Waals surface area contributed by atoms with Crippen LogP contribution in [0.2, 0.25) is 0 Å². The normalized spacial score (nSPS) is 12.8. The maximum Gasteiger partial charge on any atom is 0.252 e. The average molecular weight is 426 g/mol. The van der Waals surface area contributed by atoms with Crippen molar-refractivity contribution in [1.82, 2.24) is 9.97 Å². The maximum absolute atomic E-state index is 14.7. The summed E-state index contributed by atoms with van der Waals surface area (Å²) in [6.45, 7) is 3.32. The number of carbonyl (C=O) groups excluding carboxylic acids is 1. The van der Waals surface area contributed by atoms with E-state index in [1.54, 1.807) is 6.92 Å². The Morgan fingerprint density at radius 3 is 2.45 bits per heavy atom. The van der Waals surface area contributed by atoms with Crippen LogP contribution in [0.3, 0.4) is 0 Å². The molecule has 0 spiro atoms. The average Bonchev–Trinajstić information content (AvgIpc) is 2.72. The number of carbonyl (C=O) groups is 1. The number of benzene rings is 1. The molecule has 0 fully saturated rings. The van der Waals surface area contributed by atoms with Gasteiger partial charge in [-0.05, 0) is 31.9 Å². The number of nitrogens with two attached hydrogens (primary N) is 2. The van der Waals surface area contributed by atoms with Gasteiger partial charge in [0.05, 0.1) is 23.1 Å². The van der Waals surface area contributed by atoms with Crippen molar-refractivity contribution in [2.45, 2.75) is 32.4 Å². The highest BCUT2D eigenvalue weighted by molar-refractivity contribution is 5.98. The number of hydrogen-bond acceptors (Lipinski definition) is 6. The number of nitrogens with zero attached hydrogens (tertiary/aromatic N) is 2. The number of pyridine rings is 2. The van der Waals surface area contributed by atoms with Crippen LogP contribution >= 0.6 is 0 Å². The van der Waals surface area contributed by atoms with Crippen LogP contribution in [0.5, 0.6) is 0 Å². The first-order valence-electron chi connectivity index (χ1n) is 9.70. The van der Waals surface area contributed by atoms with Crippen molar-refractivity contribution < 1.29 is 13.6 Å². The Labute approximate surface area is 178 Å². The fourth-order valence-corrected chi connectivity index (χ4v) is 3.00. The molecule has 1 aromatic carbocycles. The zero-order valence-electron chi connectivity index (χ0n) is 17.2. The third-order valence-electron chi connectivity index (χ3n) is 4.78. The molecule has 0 saturated carbocycles. The number of primary amides is 1. The van der Waals surface area contributed by atoms with Crippen molar-refractivity contribution in [2.24, 2.45) is 11.5 Å². The Kier molecular flexibility index (Phi) is 6.76. The van der Waals surface area contributed by atoms with Gasteiger partial charge in [-0.1, -0.05) is 30.3 Å². The Morgan fingerprint density at radius 2 is 1.84 bits per heavy atom. The molecular formula is C22H24F2N6O. The van der Waals surface area contributed by atoms with E-state index < -0.39 is 17.5 Å². The highest BCUT2D eigenvalue weighted by atomic mass is 19.1. The highest BCUT2D eigenvalue weighted by Gasteiger charge is 2.21. The van der Waals surface area contributed by atoms with Crippen molar-refractivity contribution in [3.05, 3.63) is 77.1 Å². The Balaban J connectivity index is 1.93. The van der Waals surface area contributed by atoms with Crippen molar-refractivity contribution >= 4 is 23.2 Å². The van der Waals surface area contributed by atoms with E-state index in [4.69, 9.17) is 11.5 Å². The summed E-state index contributed by atoms with van der Waals surface area (Å²) >= 11 is 0. The van der Waals surface area contributed by atoms with Gasteiger partial charge in [0.25, 0.3) is 5.91 Å². The van der Waals surface area contributed by atoms with Crippen LogP contribution in [0.1, 0.15) is 28.5 Å². The van der Waals surface area contributed by atoms with E-state index in [2.05, 4.69) is 20.6 Å². The van der Waals surface area contributed by atoms with E-state index in [-0.39, 0.29) is 40.7 Å². The number of nitrogens with one attached hydrogen (secondary N) is 2. The van der Waals surface area contributed by atoms with Gasteiger partial charge in [-0.3, -0.25) is 9.78 Å². The molecule has 0 bridgehead atoms. The van der Waals surface area contributed by atoms with Crippen LogP contribution in [0.25, 0.3) is 0 Å². The van der Waals surface area contributed by atoms with E-state index in [9.17, 15) is 13.6 Å². The van der Waals surface area contributed by atoms with Gasteiger partial charge in [0.2, 0.25) is 0 Å². The van der Waals surface area contributed by atoms with Crippen LogP contribution in [-0.4, -0.2) is 28.0 Å². The zero-order valence-corrected chi connectivity index (χ0v) is 17.2. The topological polar surface area (TPSA) is 119 Å². The van der Waals surface area contributed by atoms with Gasteiger partial charge in [0.1, 0.15) is 11.6 Å². The van der Waals surface area contributed by atoms with E-state index in [0.29, 0.717) is 6.42 Å². The summed E-state index contributed by atoms with van der Waals surface area (Å²) in [6, 6.07) is 11.1. The number of hydrogen-bond donors (Lipinski definition) is 4. The number of rotatable bonds is 8. The summed E-state index contributed by atoms with van der Waals surface area (Å²) in [5.41, 5.74) is 12.8. The van der Waals surface area contributed by atoms with Crippen molar-refractivity contribution in [2.75, 3.05) is 10.6 Å². The van der Waals surface area contributed by atoms with E-state index in [1.165, 1.54) is 19.2 Å². The van der Waals surface area contributed by atoms with Gasteiger partial charge >= 0.3 is 0 Å². The van der Waals surface area contributed by atoms with Gasteiger partial charge in [-0.2, -0.15) is 0 Å². The Morgan fingerprint density at radius 1 is 1.13 bits per heavy atom. The molecule has 1 amide bonds. The summed E-state index contributed by atoms with van der Waals surface area (Å²) in [5, 5.41) is 5.80. The predicted molar refractivity (Wildman–Crippen MR) is 116 cm³/mol. The lowest BCUT2D eigenvalue weighted by molar-refractivity contribution is 0.100. The van der Waals surface area contributed by atoms with E-state index in [0.717, 1.165) is 11.6 Å². The lowest BCUT2D eigenvalue weighted by atomic mass is 10.0. The summed E-state index contributed by atoms with van der Waals surface area (Å²) in [4.78, 5) is 19.9. The number of aryl methyl sites for hydroxylation is 1. The third kappa shape index (κ3) is 5.52. The minimum atomic E-state index is -0.881. The maximum atomic E-state index is 14.7. The second-order valence-corrected chi connectivity index (χ2v) is 7.30. The van der Waals surface area contributed by atoms with Crippen LogP contribution < -0.4 is 22.1 Å². The second-order valence-electron chi connectivity index (χ2n) is 7.30. The van der Waals surface area contributed by atoms with E-state index >= 15 is 0 Å². The fraction of sp³-hybridized carbons (Fsp3) is 0.227. The largest absolute Gasteiger partial charge is 0.365 e.